The molecule has 0 fully saturated rings. The first-order chi connectivity index (χ1) is 8.83. The van der Waals surface area contributed by atoms with Crippen LogP contribution in [-0.4, -0.2) is 23.3 Å². The Bertz CT molecular complexity index is 496. The zero-order chi connectivity index (χ0) is 12.8. The van der Waals surface area contributed by atoms with Gasteiger partial charge >= 0.3 is 0 Å². The highest BCUT2D eigenvalue weighted by atomic mass is 16.5. The van der Waals surface area contributed by atoms with Crippen molar-refractivity contribution in [3.63, 3.8) is 0 Å². The summed E-state index contributed by atoms with van der Waals surface area (Å²) in [5.74, 6) is 1.95. The molecule has 2 N–H and O–H groups in total. The Morgan fingerprint density at radius 2 is 2.28 bits per heavy atom. The van der Waals surface area contributed by atoms with Crippen molar-refractivity contribution in [2.45, 2.75) is 19.8 Å². The number of aromatic nitrogens is 2. The lowest BCUT2D eigenvalue weighted by Crippen LogP contribution is -2.03. The molecule has 5 heteroatoms. The molecule has 2 aromatic rings. The van der Waals surface area contributed by atoms with Crippen LogP contribution in [0.15, 0.2) is 28.8 Å². The minimum atomic E-state index is 0.500. The highest BCUT2D eigenvalue weighted by molar-refractivity contribution is 5.55. The average molecular weight is 247 g/mol. The van der Waals surface area contributed by atoms with E-state index in [0.717, 1.165) is 17.7 Å². The Kier molecular flexibility index (Phi) is 4.30. The van der Waals surface area contributed by atoms with Crippen LogP contribution in [0, 0.1) is 0 Å². The summed E-state index contributed by atoms with van der Waals surface area (Å²) in [6.45, 7) is 3.28. The van der Waals surface area contributed by atoms with Crippen LogP contribution in [0.5, 0.6) is 5.75 Å². The van der Waals surface area contributed by atoms with Crippen LogP contribution in [-0.2, 0) is 6.42 Å². The molecule has 1 aromatic heterocycles. The van der Waals surface area contributed by atoms with Crippen molar-refractivity contribution in [3.8, 4) is 17.2 Å². The van der Waals surface area contributed by atoms with E-state index in [4.69, 9.17) is 15.0 Å². The van der Waals surface area contributed by atoms with Crippen molar-refractivity contribution in [1.29, 1.82) is 0 Å². The fraction of sp³-hybridized carbons (Fsp3) is 0.385. The lowest BCUT2D eigenvalue weighted by Gasteiger charge is -2.04. The number of benzene rings is 1. The summed E-state index contributed by atoms with van der Waals surface area (Å²) in [6, 6.07) is 7.64. The molecule has 0 saturated carbocycles. The molecular weight excluding hydrogens is 230 g/mol. The van der Waals surface area contributed by atoms with Crippen LogP contribution in [0.25, 0.3) is 11.5 Å². The summed E-state index contributed by atoms with van der Waals surface area (Å²) >= 11 is 0. The minimum Gasteiger partial charge on any atom is -0.494 e. The first-order valence-corrected chi connectivity index (χ1v) is 6.09. The Morgan fingerprint density at radius 1 is 1.39 bits per heavy atom. The summed E-state index contributed by atoms with van der Waals surface area (Å²) in [7, 11) is 0. The van der Waals surface area contributed by atoms with E-state index in [-0.39, 0.29) is 0 Å². The normalized spacial score (nSPS) is 10.6. The lowest BCUT2D eigenvalue weighted by atomic mass is 10.2. The topological polar surface area (TPSA) is 74.2 Å². The van der Waals surface area contributed by atoms with Gasteiger partial charge in [0.05, 0.1) is 6.61 Å². The molecule has 1 heterocycles. The van der Waals surface area contributed by atoms with Crippen molar-refractivity contribution in [2.75, 3.05) is 13.2 Å². The number of hydrogen-bond donors (Lipinski definition) is 1. The zero-order valence-corrected chi connectivity index (χ0v) is 10.4. The second-order valence-electron chi connectivity index (χ2n) is 3.93. The fourth-order valence-electron chi connectivity index (χ4n) is 1.54. The molecule has 0 amide bonds. The van der Waals surface area contributed by atoms with Gasteiger partial charge in [-0.25, -0.2) is 0 Å². The van der Waals surface area contributed by atoms with E-state index in [1.165, 1.54) is 0 Å². The van der Waals surface area contributed by atoms with Crippen molar-refractivity contribution >= 4 is 0 Å². The molecule has 0 atom stereocenters. The predicted octanol–water partition coefficient (Wildman–Crippen LogP) is 2.03. The first-order valence-electron chi connectivity index (χ1n) is 6.09. The van der Waals surface area contributed by atoms with Crippen molar-refractivity contribution < 1.29 is 9.26 Å². The molecule has 0 unspecified atom stereocenters. The van der Waals surface area contributed by atoms with Crippen LogP contribution in [0.2, 0.25) is 0 Å². The van der Waals surface area contributed by atoms with Crippen LogP contribution in [0.1, 0.15) is 19.2 Å². The average Bonchev–Trinajstić information content (AvgIpc) is 2.86. The van der Waals surface area contributed by atoms with Gasteiger partial charge in [0.15, 0.2) is 5.82 Å². The monoisotopic (exact) mass is 247 g/mol. The molecule has 0 spiro atoms. The minimum absolute atomic E-state index is 0.500. The molecule has 0 aliphatic heterocycles. The van der Waals surface area contributed by atoms with Gasteiger partial charge in [-0.15, -0.1) is 0 Å². The molecule has 0 radical (unpaired) electrons. The van der Waals surface area contributed by atoms with Gasteiger partial charge in [0.2, 0.25) is 0 Å². The van der Waals surface area contributed by atoms with Gasteiger partial charge in [-0.05, 0) is 31.2 Å². The smallest absolute Gasteiger partial charge is 0.258 e. The number of nitrogens with zero attached hydrogens (tertiary/aromatic N) is 2. The molecule has 18 heavy (non-hydrogen) atoms. The van der Waals surface area contributed by atoms with E-state index in [9.17, 15) is 0 Å². The van der Waals surface area contributed by atoms with Crippen LogP contribution in [0.3, 0.4) is 0 Å². The number of nitrogens with two attached hydrogens (primary N) is 1. The number of hydrogen-bond acceptors (Lipinski definition) is 5. The Hall–Kier alpha value is -1.88. The van der Waals surface area contributed by atoms with Gasteiger partial charge in [-0.2, -0.15) is 4.98 Å². The maximum atomic E-state index is 5.56. The molecule has 0 saturated heterocycles. The van der Waals surface area contributed by atoms with E-state index in [2.05, 4.69) is 17.1 Å². The van der Waals surface area contributed by atoms with E-state index < -0.39 is 0 Å². The maximum absolute atomic E-state index is 5.56. The Morgan fingerprint density at radius 3 is 3.06 bits per heavy atom. The van der Waals surface area contributed by atoms with Crippen molar-refractivity contribution in [2.24, 2.45) is 5.73 Å². The third-order valence-electron chi connectivity index (χ3n) is 2.39. The third kappa shape index (κ3) is 3.07. The maximum Gasteiger partial charge on any atom is 0.258 e. The molecule has 0 aliphatic carbocycles. The number of rotatable bonds is 6. The highest BCUT2D eigenvalue weighted by Crippen LogP contribution is 2.22. The van der Waals surface area contributed by atoms with Gasteiger partial charge in [0.25, 0.3) is 5.89 Å². The van der Waals surface area contributed by atoms with Gasteiger partial charge in [-0.1, -0.05) is 18.1 Å². The van der Waals surface area contributed by atoms with Gasteiger partial charge in [0, 0.05) is 12.0 Å². The first kappa shape index (κ1) is 12.6. The van der Waals surface area contributed by atoms with E-state index >= 15 is 0 Å². The summed E-state index contributed by atoms with van der Waals surface area (Å²) in [5, 5.41) is 3.87. The Balaban J connectivity index is 2.15. The second-order valence-corrected chi connectivity index (χ2v) is 3.93. The highest BCUT2D eigenvalue weighted by Gasteiger charge is 2.08. The molecular formula is C13H17N3O2. The van der Waals surface area contributed by atoms with E-state index in [1.54, 1.807) is 0 Å². The fourth-order valence-corrected chi connectivity index (χ4v) is 1.54. The van der Waals surface area contributed by atoms with Crippen molar-refractivity contribution in [3.05, 3.63) is 30.1 Å². The Labute approximate surface area is 106 Å². The molecule has 1 aromatic carbocycles. The van der Waals surface area contributed by atoms with E-state index in [1.807, 2.05) is 24.3 Å². The van der Waals surface area contributed by atoms with Crippen LogP contribution in [0.4, 0.5) is 0 Å². The summed E-state index contributed by atoms with van der Waals surface area (Å²) in [5.41, 5.74) is 6.31. The molecule has 0 bridgehead atoms. The quantitative estimate of drug-likeness (QED) is 0.845. The van der Waals surface area contributed by atoms with Gasteiger partial charge in [0.1, 0.15) is 5.75 Å². The standard InChI is InChI=1S/C13H17N3O2/c1-2-8-17-11-5-3-4-10(9-11)13-15-12(6-7-14)16-18-13/h3-5,9H,2,6-8,14H2,1H3. The molecule has 5 nitrogen and oxygen atoms in total. The third-order valence-corrected chi connectivity index (χ3v) is 2.39. The summed E-state index contributed by atoms with van der Waals surface area (Å²) in [4.78, 5) is 4.28. The summed E-state index contributed by atoms with van der Waals surface area (Å²) < 4.78 is 10.8. The zero-order valence-electron chi connectivity index (χ0n) is 10.4. The molecule has 96 valence electrons. The summed E-state index contributed by atoms with van der Waals surface area (Å²) in [6.07, 6.45) is 1.60. The molecule has 0 aliphatic rings. The SMILES string of the molecule is CCCOc1cccc(-c2nc(CCN)no2)c1. The number of ether oxygens (including phenoxy) is 1. The molecule has 2 rings (SSSR count). The van der Waals surface area contributed by atoms with Gasteiger partial charge < -0.3 is 15.0 Å². The van der Waals surface area contributed by atoms with Crippen LogP contribution >= 0.6 is 0 Å². The van der Waals surface area contributed by atoms with E-state index in [0.29, 0.717) is 31.3 Å². The van der Waals surface area contributed by atoms with Crippen molar-refractivity contribution in [1.82, 2.24) is 10.1 Å². The largest absolute Gasteiger partial charge is 0.494 e. The lowest BCUT2D eigenvalue weighted by molar-refractivity contribution is 0.317. The predicted molar refractivity (Wildman–Crippen MR) is 68.3 cm³/mol. The van der Waals surface area contributed by atoms with Crippen LogP contribution < -0.4 is 10.5 Å². The van der Waals surface area contributed by atoms with Gasteiger partial charge in [-0.3, -0.25) is 0 Å². The second kappa shape index (κ2) is 6.16.